The summed E-state index contributed by atoms with van der Waals surface area (Å²) in [5.41, 5.74) is 2.29. The second-order valence-electron chi connectivity index (χ2n) is 6.02. The van der Waals surface area contributed by atoms with Crippen molar-refractivity contribution in [2.45, 2.75) is 12.2 Å². The van der Waals surface area contributed by atoms with E-state index in [1.807, 2.05) is 72.8 Å². The molecule has 0 aliphatic carbocycles. The highest BCUT2D eigenvalue weighted by Crippen LogP contribution is 2.38. The first kappa shape index (κ1) is 17.2. The molecule has 4 heteroatoms. The largest absolute Gasteiger partial charge is 0.384 e. The van der Waals surface area contributed by atoms with E-state index >= 15 is 0 Å². The van der Waals surface area contributed by atoms with Crippen molar-refractivity contribution in [3.8, 4) is 9.75 Å². The van der Waals surface area contributed by atoms with Crippen LogP contribution >= 0.6 is 22.7 Å². The smallest absolute Gasteiger partial charge is 0.114 e. The molecule has 0 aliphatic heterocycles. The van der Waals surface area contributed by atoms with E-state index in [9.17, 15) is 10.2 Å². The van der Waals surface area contributed by atoms with Crippen molar-refractivity contribution < 1.29 is 10.2 Å². The van der Waals surface area contributed by atoms with E-state index in [1.165, 1.54) is 4.88 Å². The Balaban J connectivity index is 1.68. The fourth-order valence-corrected chi connectivity index (χ4v) is 4.88. The van der Waals surface area contributed by atoms with E-state index in [0.717, 1.165) is 26.4 Å². The van der Waals surface area contributed by atoms with Gasteiger partial charge in [-0.2, -0.15) is 0 Å². The molecule has 2 N–H and O–H groups in total. The van der Waals surface area contributed by atoms with Crippen LogP contribution < -0.4 is 0 Å². The Labute approximate surface area is 160 Å². The average Bonchev–Trinajstić information content (AvgIpc) is 3.39. The van der Waals surface area contributed by atoms with Crippen LogP contribution in [0.4, 0.5) is 0 Å². The third-order valence-corrected chi connectivity index (χ3v) is 6.56. The van der Waals surface area contributed by atoms with Gasteiger partial charge < -0.3 is 10.2 Å². The number of aliphatic hydroxyl groups is 2. The molecule has 0 spiro atoms. The second-order valence-corrected chi connectivity index (χ2v) is 8.09. The maximum atomic E-state index is 11.0. The Hall–Kier alpha value is -2.24. The first-order valence-corrected chi connectivity index (χ1v) is 10.1. The molecule has 2 aromatic heterocycles. The van der Waals surface area contributed by atoms with Crippen LogP contribution in [0.2, 0.25) is 0 Å². The number of hydrogen-bond acceptors (Lipinski definition) is 4. The van der Waals surface area contributed by atoms with Gasteiger partial charge >= 0.3 is 0 Å². The molecule has 0 amide bonds. The lowest BCUT2D eigenvalue weighted by Crippen LogP contribution is -2.07. The topological polar surface area (TPSA) is 40.5 Å². The van der Waals surface area contributed by atoms with Crippen molar-refractivity contribution in [3.63, 3.8) is 0 Å². The average molecular weight is 379 g/mol. The van der Waals surface area contributed by atoms with Gasteiger partial charge in [-0.25, -0.2) is 0 Å². The zero-order valence-corrected chi connectivity index (χ0v) is 15.6. The van der Waals surface area contributed by atoms with Gasteiger partial charge in [-0.1, -0.05) is 60.7 Å². The van der Waals surface area contributed by atoms with E-state index in [1.54, 1.807) is 22.7 Å². The van der Waals surface area contributed by atoms with Crippen molar-refractivity contribution in [1.29, 1.82) is 0 Å². The molecule has 0 aliphatic rings. The molecule has 130 valence electrons. The molecule has 26 heavy (non-hydrogen) atoms. The lowest BCUT2D eigenvalue weighted by Gasteiger charge is -2.19. The van der Waals surface area contributed by atoms with Crippen molar-refractivity contribution >= 4 is 22.7 Å². The summed E-state index contributed by atoms with van der Waals surface area (Å²) in [6.45, 7) is 0. The van der Waals surface area contributed by atoms with Crippen molar-refractivity contribution in [2.75, 3.05) is 0 Å². The van der Waals surface area contributed by atoms with Gasteiger partial charge in [-0.3, -0.25) is 0 Å². The van der Waals surface area contributed by atoms with Crippen LogP contribution in [0.5, 0.6) is 0 Å². The Morgan fingerprint density at radius 2 is 1.31 bits per heavy atom. The van der Waals surface area contributed by atoms with Gasteiger partial charge in [0.05, 0.1) is 0 Å². The molecule has 2 unspecified atom stereocenters. The molecule has 0 saturated heterocycles. The number of thiophene rings is 2. The Morgan fingerprint density at radius 3 is 2.00 bits per heavy atom. The van der Waals surface area contributed by atoms with Gasteiger partial charge in [0.2, 0.25) is 0 Å². The Morgan fingerprint density at radius 1 is 0.615 bits per heavy atom. The number of aliphatic hydroxyl groups excluding tert-OH is 2. The van der Waals surface area contributed by atoms with Crippen LogP contribution in [0.25, 0.3) is 9.75 Å². The fraction of sp³-hybridized carbons (Fsp3) is 0.0909. The first-order valence-electron chi connectivity index (χ1n) is 8.37. The van der Waals surface area contributed by atoms with Crippen molar-refractivity contribution in [3.05, 3.63) is 106 Å². The van der Waals surface area contributed by atoms with Gasteiger partial charge in [0, 0.05) is 14.6 Å². The first-order chi connectivity index (χ1) is 12.7. The van der Waals surface area contributed by atoms with Crippen molar-refractivity contribution in [2.24, 2.45) is 0 Å². The van der Waals surface area contributed by atoms with Crippen LogP contribution in [0.15, 0.2) is 84.2 Å². The second kappa shape index (κ2) is 7.56. The molecule has 0 radical (unpaired) electrons. The van der Waals surface area contributed by atoms with Gasteiger partial charge in [0.25, 0.3) is 0 Å². The third-order valence-electron chi connectivity index (χ3n) is 4.36. The minimum Gasteiger partial charge on any atom is -0.384 e. The summed E-state index contributed by atoms with van der Waals surface area (Å²) in [7, 11) is 0. The van der Waals surface area contributed by atoms with Crippen LogP contribution in [0.1, 0.15) is 33.8 Å². The zero-order valence-electron chi connectivity index (χ0n) is 13.9. The summed E-state index contributed by atoms with van der Waals surface area (Å²) < 4.78 is 0. The highest BCUT2D eigenvalue weighted by Gasteiger charge is 2.21. The van der Waals surface area contributed by atoms with Crippen molar-refractivity contribution in [1.82, 2.24) is 0 Å². The molecule has 0 fully saturated rings. The molecule has 2 heterocycles. The number of benzene rings is 2. The number of hydrogen-bond donors (Lipinski definition) is 2. The van der Waals surface area contributed by atoms with Crippen LogP contribution in [0, 0.1) is 0 Å². The van der Waals surface area contributed by atoms with E-state index in [-0.39, 0.29) is 0 Å². The third kappa shape index (κ3) is 3.37. The maximum Gasteiger partial charge on any atom is 0.114 e. The molecule has 0 saturated carbocycles. The minimum absolute atomic E-state index is 0.734. The van der Waals surface area contributed by atoms with E-state index in [2.05, 4.69) is 11.4 Å². The summed E-state index contributed by atoms with van der Waals surface area (Å²) in [5, 5.41) is 23.9. The summed E-state index contributed by atoms with van der Waals surface area (Å²) >= 11 is 3.28. The molecular weight excluding hydrogens is 360 g/mol. The van der Waals surface area contributed by atoms with Gasteiger partial charge in [0.1, 0.15) is 12.2 Å². The molecule has 2 atom stereocenters. The van der Waals surface area contributed by atoms with Gasteiger partial charge in [-0.05, 0) is 40.3 Å². The van der Waals surface area contributed by atoms with E-state index in [0.29, 0.717) is 0 Å². The predicted molar refractivity (Wildman–Crippen MR) is 109 cm³/mol. The van der Waals surface area contributed by atoms with Gasteiger partial charge in [0.15, 0.2) is 0 Å². The highest BCUT2D eigenvalue weighted by molar-refractivity contribution is 7.21. The molecule has 4 aromatic rings. The quantitative estimate of drug-likeness (QED) is 0.472. The SMILES string of the molecule is OC(c1ccccc1)c1ccccc1C(O)c1ccc(-c2cccs2)s1. The molecular formula is C22H18O2S2. The Bertz CT molecular complexity index is 974. The normalized spacial score (nSPS) is 13.5. The molecule has 0 bridgehead atoms. The summed E-state index contributed by atoms with van der Waals surface area (Å²) in [4.78, 5) is 3.22. The van der Waals surface area contributed by atoms with E-state index < -0.39 is 12.2 Å². The fourth-order valence-electron chi connectivity index (χ4n) is 3.03. The molecule has 4 rings (SSSR count). The Kier molecular flexibility index (Phi) is 5.00. The summed E-state index contributed by atoms with van der Waals surface area (Å²) in [6.07, 6.45) is -1.53. The summed E-state index contributed by atoms with van der Waals surface area (Å²) in [6, 6.07) is 25.2. The highest BCUT2D eigenvalue weighted by atomic mass is 32.1. The van der Waals surface area contributed by atoms with E-state index in [4.69, 9.17) is 0 Å². The monoisotopic (exact) mass is 378 g/mol. The lowest BCUT2D eigenvalue weighted by molar-refractivity contribution is 0.198. The minimum atomic E-state index is -0.765. The molecule has 2 aromatic carbocycles. The number of rotatable bonds is 5. The van der Waals surface area contributed by atoms with Crippen LogP contribution in [-0.2, 0) is 0 Å². The maximum absolute atomic E-state index is 11.0. The standard InChI is InChI=1S/C22H18O2S2/c23-21(15-7-2-1-3-8-15)16-9-4-5-10-17(16)22(24)20-13-12-19(26-20)18-11-6-14-25-18/h1-14,21-24H. The lowest BCUT2D eigenvalue weighted by atomic mass is 9.93. The zero-order chi connectivity index (χ0) is 17.9. The van der Waals surface area contributed by atoms with Gasteiger partial charge in [-0.15, -0.1) is 22.7 Å². The summed E-state index contributed by atoms with van der Waals surface area (Å²) in [5.74, 6) is 0. The van der Waals surface area contributed by atoms with Crippen LogP contribution in [0.3, 0.4) is 0 Å². The predicted octanol–water partition coefficient (Wildman–Crippen LogP) is 5.64. The van der Waals surface area contributed by atoms with Crippen LogP contribution in [-0.4, -0.2) is 10.2 Å². The molecule has 2 nitrogen and oxygen atoms in total.